The van der Waals surface area contributed by atoms with Crippen molar-refractivity contribution in [1.29, 1.82) is 0 Å². The molecule has 0 aliphatic rings. The van der Waals surface area contributed by atoms with Gasteiger partial charge in [-0.1, -0.05) is 35.5 Å². The molecule has 2 aromatic rings. The first-order valence-electron chi connectivity index (χ1n) is 7.99. The highest BCUT2D eigenvalue weighted by Gasteiger charge is 2.21. The number of amides is 1. The number of ether oxygens (including phenoxy) is 1. The first-order valence-corrected chi connectivity index (χ1v) is 7.99. The Morgan fingerprint density at radius 1 is 1.36 bits per heavy atom. The molecule has 0 aliphatic heterocycles. The summed E-state index contributed by atoms with van der Waals surface area (Å²) in [4.78, 5) is 18.1. The first-order chi connectivity index (χ1) is 11.5. The molecule has 8 heteroatoms. The van der Waals surface area contributed by atoms with Crippen LogP contribution in [-0.2, 0) is 22.5 Å². The van der Waals surface area contributed by atoms with Gasteiger partial charge in [-0.15, -0.1) is 12.4 Å². The molecule has 0 saturated carbocycles. The highest BCUT2D eigenvalue weighted by molar-refractivity contribution is 5.85. The van der Waals surface area contributed by atoms with E-state index in [0.717, 1.165) is 5.56 Å². The minimum Gasteiger partial charge on any atom is -0.371 e. The van der Waals surface area contributed by atoms with E-state index in [-0.39, 0.29) is 31.0 Å². The second-order valence-corrected chi connectivity index (χ2v) is 5.63. The Labute approximate surface area is 153 Å². The Kier molecular flexibility index (Phi) is 8.54. The molecule has 1 unspecified atom stereocenters. The molecule has 0 bridgehead atoms. The van der Waals surface area contributed by atoms with E-state index < -0.39 is 6.04 Å². The summed E-state index contributed by atoms with van der Waals surface area (Å²) < 4.78 is 10.6. The van der Waals surface area contributed by atoms with E-state index in [1.807, 2.05) is 44.2 Å². The van der Waals surface area contributed by atoms with Gasteiger partial charge in [-0.2, -0.15) is 4.98 Å². The Balaban J connectivity index is 0.00000312. The number of aromatic nitrogens is 2. The summed E-state index contributed by atoms with van der Waals surface area (Å²) in [6.45, 7) is 4.53. The fourth-order valence-electron chi connectivity index (χ4n) is 2.34. The second-order valence-electron chi connectivity index (χ2n) is 5.63. The van der Waals surface area contributed by atoms with Crippen LogP contribution in [0.15, 0.2) is 34.9 Å². The minimum absolute atomic E-state index is 0. The van der Waals surface area contributed by atoms with Gasteiger partial charge in [0.1, 0.15) is 6.10 Å². The number of benzene rings is 1. The first kappa shape index (κ1) is 21.1. The van der Waals surface area contributed by atoms with Gasteiger partial charge in [0.05, 0.1) is 12.6 Å². The van der Waals surface area contributed by atoms with E-state index in [9.17, 15) is 4.79 Å². The summed E-state index contributed by atoms with van der Waals surface area (Å²) in [7, 11) is 1.67. The molecular formula is C17H25ClN4O3. The third-order valence-corrected chi connectivity index (χ3v) is 3.63. The smallest absolute Gasteiger partial charge is 0.246 e. The molecule has 25 heavy (non-hydrogen) atoms. The summed E-state index contributed by atoms with van der Waals surface area (Å²) >= 11 is 0. The van der Waals surface area contributed by atoms with Crippen LogP contribution in [0.4, 0.5) is 0 Å². The topological polar surface area (TPSA) is 94.5 Å². The largest absolute Gasteiger partial charge is 0.371 e. The van der Waals surface area contributed by atoms with Crippen LogP contribution in [0.25, 0.3) is 0 Å². The van der Waals surface area contributed by atoms with Gasteiger partial charge in [0.25, 0.3) is 0 Å². The summed E-state index contributed by atoms with van der Waals surface area (Å²) in [5.41, 5.74) is 7.04. The van der Waals surface area contributed by atoms with E-state index in [2.05, 4.69) is 10.1 Å². The van der Waals surface area contributed by atoms with Gasteiger partial charge in [-0.05, 0) is 25.8 Å². The van der Waals surface area contributed by atoms with Crippen LogP contribution in [-0.4, -0.2) is 40.6 Å². The van der Waals surface area contributed by atoms with Crippen molar-refractivity contribution in [1.82, 2.24) is 15.0 Å². The van der Waals surface area contributed by atoms with E-state index >= 15 is 0 Å². The number of halogens is 1. The van der Waals surface area contributed by atoms with Crippen molar-refractivity contribution in [3.05, 3.63) is 47.6 Å². The van der Waals surface area contributed by atoms with Crippen LogP contribution in [0.2, 0.25) is 0 Å². The number of carbonyl (C=O) groups is 1. The Morgan fingerprint density at radius 2 is 2.04 bits per heavy atom. The standard InChI is InChI=1S/C17H24N4O3.ClH/c1-4-23-12(2)16-19-15(24-20-16)11-21(3)17(22)14(18)10-13-8-6-5-7-9-13;/h5-9,12,14H,4,10-11,18H2,1-3H3;1H/t12?,14-;/m0./s1. The lowest BCUT2D eigenvalue weighted by molar-refractivity contribution is -0.132. The summed E-state index contributed by atoms with van der Waals surface area (Å²) in [5, 5.41) is 3.88. The molecule has 0 fully saturated rings. The molecule has 1 aromatic carbocycles. The summed E-state index contributed by atoms with van der Waals surface area (Å²) in [6, 6.07) is 9.08. The molecule has 0 radical (unpaired) electrons. The maximum Gasteiger partial charge on any atom is 0.246 e. The Hall–Kier alpha value is -1.96. The normalized spacial score (nSPS) is 13.0. The fourth-order valence-corrected chi connectivity index (χ4v) is 2.34. The average molecular weight is 369 g/mol. The lowest BCUT2D eigenvalue weighted by Gasteiger charge is -2.19. The van der Waals surface area contributed by atoms with Crippen LogP contribution in [0.3, 0.4) is 0 Å². The van der Waals surface area contributed by atoms with Crippen molar-refractivity contribution in [2.45, 2.75) is 39.0 Å². The maximum absolute atomic E-state index is 12.4. The molecule has 0 saturated heterocycles. The molecule has 1 heterocycles. The summed E-state index contributed by atoms with van der Waals surface area (Å²) in [5.74, 6) is 0.664. The van der Waals surface area contributed by atoms with Crippen molar-refractivity contribution < 1.29 is 14.1 Å². The molecule has 2 atom stereocenters. The predicted molar refractivity (Wildman–Crippen MR) is 96.2 cm³/mol. The number of likely N-dealkylation sites (N-methyl/N-ethyl adjacent to an activating group) is 1. The van der Waals surface area contributed by atoms with Crippen molar-refractivity contribution in [3.8, 4) is 0 Å². The van der Waals surface area contributed by atoms with Crippen molar-refractivity contribution in [3.63, 3.8) is 0 Å². The SMILES string of the molecule is CCOC(C)c1noc(CN(C)C(=O)[C@@H](N)Cc2ccccc2)n1.Cl. The highest BCUT2D eigenvalue weighted by Crippen LogP contribution is 2.13. The highest BCUT2D eigenvalue weighted by atomic mass is 35.5. The second kappa shape index (κ2) is 10.1. The third-order valence-electron chi connectivity index (χ3n) is 3.63. The third kappa shape index (κ3) is 6.12. The predicted octanol–water partition coefficient (Wildman–Crippen LogP) is 2.12. The summed E-state index contributed by atoms with van der Waals surface area (Å²) in [6.07, 6.45) is 0.245. The van der Waals surface area contributed by atoms with Gasteiger partial charge >= 0.3 is 0 Å². The van der Waals surface area contributed by atoms with Gasteiger partial charge in [0.2, 0.25) is 11.8 Å². The van der Waals surface area contributed by atoms with E-state index in [0.29, 0.717) is 24.7 Å². The lowest BCUT2D eigenvalue weighted by Crippen LogP contribution is -2.42. The van der Waals surface area contributed by atoms with Gasteiger partial charge in [-0.25, -0.2) is 0 Å². The number of nitrogens with zero attached hydrogens (tertiary/aromatic N) is 3. The molecular weight excluding hydrogens is 344 g/mol. The average Bonchev–Trinajstić information content (AvgIpc) is 3.03. The molecule has 2 rings (SSSR count). The van der Waals surface area contributed by atoms with Crippen LogP contribution in [0.1, 0.15) is 37.2 Å². The van der Waals surface area contributed by atoms with Gasteiger partial charge in [-0.3, -0.25) is 4.79 Å². The monoisotopic (exact) mass is 368 g/mol. The van der Waals surface area contributed by atoms with E-state index in [4.69, 9.17) is 15.0 Å². The molecule has 138 valence electrons. The van der Waals surface area contributed by atoms with Crippen LogP contribution >= 0.6 is 12.4 Å². The zero-order chi connectivity index (χ0) is 17.5. The zero-order valence-corrected chi connectivity index (χ0v) is 15.5. The Bertz CT molecular complexity index is 650. The van der Waals surface area contributed by atoms with Crippen LogP contribution in [0.5, 0.6) is 0 Å². The van der Waals surface area contributed by atoms with Crippen LogP contribution < -0.4 is 5.73 Å². The number of nitrogens with two attached hydrogens (primary N) is 1. The van der Waals surface area contributed by atoms with Crippen molar-refractivity contribution in [2.75, 3.05) is 13.7 Å². The number of hydrogen-bond acceptors (Lipinski definition) is 6. The lowest BCUT2D eigenvalue weighted by atomic mass is 10.1. The molecule has 1 amide bonds. The van der Waals surface area contributed by atoms with E-state index in [1.165, 1.54) is 4.90 Å². The molecule has 0 spiro atoms. The molecule has 7 nitrogen and oxygen atoms in total. The van der Waals surface area contributed by atoms with Crippen LogP contribution in [0, 0.1) is 0 Å². The number of carbonyl (C=O) groups excluding carboxylic acids is 1. The van der Waals surface area contributed by atoms with Gasteiger partial charge in [0, 0.05) is 13.7 Å². The number of hydrogen-bond donors (Lipinski definition) is 1. The quantitative estimate of drug-likeness (QED) is 0.766. The zero-order valence-electron chi connectivity index (χ0n) is 14.7. The molecule has 2 N–H and O–H groups in total. The Morgan fingerprint density at radius 3 is 2.68 bits per heavy atom. The van der Waals surface area contributed by atoms with E-state index in [1.54, 1.807) is 7.05 Å². The van der Waals surface area contributed by atoms with Gasteiger partial charge in [0.15, 0.2) is 5.82 Å². The maximum atomic E-state index is 12.4. The molecule has 1 aromatic heterocycles. The van der Waals surface area contributed by atoms with Gasteiger partial charge < -0.3 is 19.9 Å². The minimum atomic E-state index is -0.609. The van der Waals surface area contributed by atoms with Crippen molar-refractivity contribution in [2.24, 2.45) is 5.73 Å². The number of rotatable bonds is 8. The molecule has 0 aliphatic carbocycles. The fraction of sp³-hybridized carbons (Fsp3) is 0.471. The van der Waals surface area contributed by atoms with Crippen molar-refractivity contribution >= 4 is 18.3 Å².